The van der Waals surface area contributed by atoms with Crippen molar-refractivity contribution in [1.29, 1.82) is 0 Å². The molecule has 0 radical (unpaired) electrons. The number of nitrogens with one attached hydrogen (secondary N) is 1. The molecular formula is C17H33N3. The van der Waals surface area contributed by atoms with E-state index in [1.807, 2.05) is 6.20 Å². The van der Waals surface area contributed by atoms with E-state index in [0.29, 0.717) is 6.04 Å². The Morgan fingerprint density at radius 2 is 1.75 bits per heavy atom. The van der Waals surface area contributed by atoms with E-state index < -0.39 is 0 Å². The highest BCUT2D eigenvalue weighted by molar-refractivity contribution is 4.99. The van der Waals surface area contributed by atoms with Gasteiger partial charge in [0.05, 0.1) is 6.04 Å². The predicted molar refractivity (Wildman–Crippen MR) is 86.9 cm³/mol. The van der Waals surface area contributed by atoms with E-state index in [0.717, 1.165) is 13.0 Å². The van der Waals surface area contributed by atoms with Crippen molar-refractivity contribution in [1.82, 2.24) is 14.9 Å². The monoisotopic (exact) mass is 279 g/mol. The van der Waals surface area contributed by atoms with Crippen LogP contribution in [0.4, 0.5) is 0 Å². The molecule has 1 unspecified atom stereocenters. The lowest BCUT2D eigenvalue weighted by Crippen LogP contribution is -2.21. The van der Waals surface area contributed by atoms with Gasteiger partial charge >= 0.3 is 0 Å². The van der Waals surface area contributed by atoms with E-state index in [4.69, 9.17) is 0 Å². The summed E-state index contributed by atoms with van der Waals surface area (Å²) in [6.07, 6.45) is 16.0. The molecule has 116 valence electrons. The Bertz CT molecular complexity index is 333. The lowest BCUT2D eigenvalue weighted by molar-refractivity contribution is 0.457. The molecule has 1 aromatic rings. The van der Waals surface area contributed by atoms with Gasteiger partial charge in [-0.2, -0.15) is 0 Å². The first-order valence-corrected chi connectivity index (χ1v) is 8.51. The normalized spacial score (nSPS) is 12.8. The molecule has 0 aromatic carbocycles. The van der Waals surface area contributed by atoms with E-state index in [2.05, 4.69) is 42.0 Å². The van der Waals surface area contributed by atoms with Gasteiger partial charge in [-0.25, -0.2) is 4.98 Å². The van der Waals surface area contributed by atoms with Crippen molar-refractivity contribution in [2.75, 3.05) is 7.05 Å². The van der Waals surface area contributed by atoms with Gasteiger partial charge < -0.3 is 9.88 Å². The molecule has 0 saturated heterocycles. The second-order valence-electron chi connectivity index (χ2n) is 5.73. The third kappa shape index (κ3) is 6.08. The standard InChI is InChI=1S/C17H33N3/c1-4-6-7-8-9-10-11-12-16(18-3)17-19-13-15-20(17)14-5-2/h13,15-16,18H,4-12,14H2,1-3H3. The van der Waals surface area contributed by atoms with Gasteiger partial charge in [0.1, 0.15) is 5.82 Å². The van der Waals surface area contributed by atoms with Crippen LogP contribution in [-0.2, 0) is 6.54 Å². The number of rotatable bonds is 12. The van der Waals surface area contributed by atoms with Crippen molar-refractivity contribution in [3.63, 3.8) is 0 Å². The topological polar surface area (TPSA) is 29.9 Å². The molecule has 1 rings (SSSR count). The molecule has 1 atom stereocenters. The molecule has 0 saturated carbocycles. The highest BCUT2D eigenvalue weighted by Crippen LogP contribution is 2.19. The molecule has 0 aliphatic heterocycles. The predicted octanol–water partition coefficient (Wildman–Crippen LogP) is 4.69. The highest BCUT2D eigenvalue weighted by atomic mass is 15.1. The molecule has 0 fully saturated rings. The Morgan fingerprint density at radius 1 is 1.05 bits per heavy atom. The number of unbranched alkanes of at least 4 members (excludes halogenated alkanes) is 6. The summed E-state index contributed by atoms with van der Waals surface area (Å²) in [5.74, 6) is 1.21. The first-order valence-electron chi connectivity index (χ1n) is 8.51. The van der Waals surface area contributed by atoms with Gasteiger partial charge in [0.25, 0.3) is 0 Å². The van der Waals surface area contributed by atoms with Crippen molar-refractivity contribution in [2.45, 2.75) is 84.2 Å². The van der Waals surface area contributed by atoms with Crippen LogP contribution < -0.4 is 5.32 Å². The fraction of sp³-hybridized carbons (Fsp3) is 0.824. The average Bonchev–Trinajstić information content (AvgIpc) is 2.91. The van der Waals surface area contributed by atoms with Crippen LogP contribution >= 0.6 is 0 Å². The molecular weight excluding hydrogens is 246 g/mol. The largest absolute Gasteiger partial charge is 0.334 e. The number of aromatic nitrogens is 2. The first kappa shape index (κ1) is 17.2. The Labute approximate surface area is 125 Å². The third-order valence-corrected chi connectivity index (χ3v) is 3.97. The molecule has 3 nitrogen and oxygen atoms in total. The maximum atomic E-state index is 4.55. The maximum absolute atomic E-state index is 4.55. The van der Waals surface area contributed by atoms with Crippen LogP contribution in [0.2, 0.25) is 0 Å². The lowest BCUT2D eigenvalue weighted by atomic mass is 10.0. The highest BCUT2D eigenvalue weighted by Gasteiger charge is 2.14. The lowest BCUT2D eigenvalue weighted by Gasteiger charge is -2.17. The summed E-state index contributed by atoms with van der Waals surface area (Å²) >= 11 is 0. The summed E-state index contributed by atoms with van der Waals surface area (Å²) in [6, 6.07) is 0.409. The second-order valence-corrected chi connectivity index (χ2v) is 5.73. The van der Waals surface area contributed by atoms with Gasteiger partial charge in [-0.15, -0.1) is 0 Å². The molecule has 1 heterocycles. The fourth-order valence-electron chi connectivity index (χ4n) is 2.77. The molecule has 20 heavy (non-hydrogen) atoms. The summed E-state index contributed by atoms with van der Waals surface area (Å²) in [4.78, 5) is 4.55. The summed E-state index contributed by atoms with van der Waals surface area (Å²) < 4.78 is 2.29. The van der Waals surface area contributed by atoms with E-state index in [1.165, 1.54) is 57.2 Å². The van der Waals surface area contributed by atoms with Crippen LogP contribution in [0.1, 0.15) is 83.5 Å². The van der Waals surface area contributed by atoms with Crippen LogP contribution in [0.15, 0.2) is 12.4 Å². The smallest absolute Gasteiger partial charge is 0.125 e. The van der Waals surface area contributed by atoms with Crippen molar-refractivity contribution < 1.29 is 0 Å². The zero-order chi connectivity index (χ0) is 14.6. The maximum Gasteiger partial charge on any atom is 0.125 e. The SMILES string of the molecule is CCCCCCCCCC(NC)c1nccn1CCC. The van der Waals surface area contributed by atoms with E-state index >= 15 is 0 Å². The molecule has 1 aromatic heterocycles. The Hall–Kier alpha value is -0.830. The number of aryl methyl sites for hydroxylation is 1. The van der Waals surface area contributed by atoms with Crippen molar-refractivity contribution >= 4 is 0 Å². The molecule has 0 amide bonds. The van der Waals surface area contributed by atoms with Crippen LogP contribution in [0.3, 0.4) is 0 Å². The Morgan fingerprint density at radius 3 is 2.40 bits per heavy atom. The van der Waals surface area contributed by atoms with Gasteiger partial charge in [-0.05, 0) is 19.9 Å². The van der Waals surface area contributed by atoms with Crippen molar-refractivity contribution in [3.8, 4) is 0 Å². The molecule has 3 heteroatoms. The van der Waals surface area contributed by atoms with Gasteiger partial charge in [-0.1, -0.05) is 58.8 Å². The van der Waals surface area contributed by atoms with Crippen molar-refractivity contribution in [3.05, 3.63) is 18.2 Å². The van der Waals surface area contributed by atoms with Gasteiger partial charge in [0.2, 0.25) is 0 Å². The minimum Gasteiger partial charge on any atom is -0.334 e. The van der Waals surface area contributed by atoms with Gasteiger partial charge in [-0.3, -0.25) is 0 Å². The molecule has 0 aliphatic rings. The molecule has 0 spiro atoms. The molecule has 1 N–H and O–H groups in total. The number of imidazole rings is 1. The molecule has 0 aliphatic carbocycles. The summed E-state index contributed by atoms with van der Waals surface area (Å²) in [7, 11) is 2.05. The summed E-state index contributed by atoms with van der Waals surface area (Å²) in [5, 5.41) is 3.43. The summed E-state index contributed by atoms with van der Waals surface area (Å²) in [6.45, 7) is 5.56. The second kappa shape index (κ2) is 10.9. The van der Waals surface area contributed by atoms with Crippen LogP contribution in [0.5, 0.6) is 0 Å². The number of nitrogens with zero attached hydrogens (tertiary/aromatic N) is 2. The number of hydrogen-bond acceptors (Lipinski definition) is 2. The number of hydrogen-bond donors (Lipinski definition) is 1. The van der Waals surface area contributed by atoms with E-state index in [-0.39, 0.29) is 0 Å². The average molecular weight is 279 g/mol. The van der Waals surface area contributed by atoms with E-state index in [1.54, 1.807) is 0 Å². The van der Waals surface area contributed by atoms with Crippen LogP contribution in [0, 0.1) is 0 Å². The zero-order valence-electron chi connectivity index (χ0n) is 13.7. The summed E-state index contributed by atoms with van der Waals surface area (Å²) in [5.41, 5.74) is 0. The van der Waals surface area contributed by atoms with Crippen LogP contribution in [0.25, 0.3) is 0 Å². The molecule has 0 bridgehead atoms. The van der Waals surface area contributed by atoms with Crippen molar-refractivity contribution in [2.24, 2.45) is 0 Å². The first-order chi connectivity index (χ1) is 9.83. The fourth-order valence-corrected chi connectivity index (χ4v) is 2.77. The minimum atomic E-state index is 0.409. The third-order valence-electron chi connectivity index (χ3n) is 3.97. The van der Waals surface area contributed by atoms with Crippen LogP contribution in [-0.4, -0.2) is 16.6 Å². The quantitative estimate of drug-likeness (QED) is 0.562. The Balaban J connectivity index is 2.27. The van der Waals surface area contributed by atoms with Gasteiger partial charge in [0, 0.05) is 18.9 Å². The van der Waals surface area contributed by atoms with E-state index in [9.17, 15) is 0 Å². The van der Waals surface area contributed by atoms with Gasteiger partial charge in [0.15, 0.2) is 0 Å². The zero-order valence-corrected chi connectivity index (χ0v) is 13.7. The minimum absolute atomic E-state index is 0.409. The Kier molecular flexibility index (Phi) is 9.38.